The molecule has 1 fully saturated rings. The zero-order valence-corrected chi connectivity index (χ0v) is 17.9. The van der Waals surface area contributed by atoms with Crippen LogP contribution >= 0.6 is 11.6 Å². The van der Waals surface area contributed by atoms with Gasteiger partial charge in [0.25, 0.3) is 11.7 Å². The summed E-state index contributed by atoms with van der Waals surface area (Å²) in [5.74, 6) is -0.655. The van der Waals surface area contributed by atoms with Gasteiger partial charge in [-0.3, -0.25) is 14.5 Å². The number of aliphatic hydroxyl groups excluding tert-OH is 1. The molecular formula is C24H20ClNO5. The lowest BCUT2D eigenvalue weighted by Gasteiger charge is -2.25. The Balaban J connectivity index is 2.00. The maximum Gasteiger partial charge on any atom is 0.300 e. The minimum Gasteiger partial charge on any atom is -0.507 e. The third-order valence-corrected chi connectivity index (χ3v) is 5.50. The van der Waals surface area contributed by atoms with Crippen molar-refractivity contribution in [1.29, 1.82) is 0 Å². The van der Waals surface area contributed by atoms with Crippen molar-refractivity contribution < 1.29 is 23.8 Å². The molecular weight excluding hydrogens is 418 g/mol. The van der Waals surface area contributed by atoms with Gasteiger partial charge in [0.05, 0.1) is 18.2 Å². The van der Waals surface area contributed by atoms with E-state index in [9.17, 15) is 14.7 Å². The summed E-state index contributed by atoms with van der Waals surface area (Å²) in [6, 6.07) is 14.4. The van der Waals surface area contributed by atoms with Gasteiger partial charge in [0, 0.05) is 10.7 Å². The number of methoxy groups -OCH3 is 1. The maximum atomic E-state index is 13.2. The Morgan fingerprint density at radius 1 is 1.10 bits per heavy atom. The Morgan fingerprint density at radius 3 is 2.48 bits per heavy atom. The summed E-state index contributed by atoms with van der Waals surface area (Å²) in [7, 11) is 1.44. The standard InChI is InChI=1S/C24H20ClNO5/c1-13-6-4-5-7-17(13)26-21(19-10-8-14(2)31-19)20(23(28)24(26)29)22(27)16-12-15(25)9-11-18(16)30-3/h4-12,21,27H,1-3H3/b22-20+. The number of amides is 1. The highest BCUT2D eigenvalue weighted by atomic mass is 35.5. The van der Waals surface area contributed by atoms with Crippen molar-refractivity contribution >= 4 is 34.7 Å². The molecule has 0 spiro atoms. The van der Waals surface area contributed by atoms with Crippen molar-refractivity contribution in [3.63, 3.8) is 0 Å². The predicted molar refractivity (Wildman–Crippen MR) is 117 cm³/mol. The molecule has 1 amide bonds. The maximum absolute atomic E-state index is 13.2. The van der Waals surface area contributed by atoms with Crippen LogP contribution in [0.5, 0.6) is 5.75 Å². The average molecular weight is 438 g/mol. The predicted octanol–water partition coefficient (Wildman–Crippen LogP) is 5.18. The van der Waals surface area contributed by atoms with E-state index in [0.29, 0.717) is 28.0 Å². The van der Waals surface area contributed by atoms with Gasteiger partial charge >= 0.3 is 0 Å². The van der Waals surface area contributed by atoms with Crippen molar-refractivity contribution in [3.8, 4) is 5.75 Å². The number of benzene rings is 2. The van der Waals surface area contributed by atoms with Crippen molar-refractivity contribution in [3.05, 3.63) is 87.8 Å². The van der Waals surface area contributed by atoms with Gasteiger partial charge in [0.15, 0.2) is 0 Å². The number of Topliss-reactive ketones (excluding diaryl/α,β-unsaturated/α-hetero) is 1. The number of ketones is 1. The summed E-state index contributed by atoms with van der Waals surface area (Å²) in [5, 5.41) is 11.6. The van der Waals surface area contributed by atoms with Crippen molar-refractivity contribution in [2.45, 2.75) is 19.9 Å². The summed E-state index contributed by atoms with van der Waals surface area (Å²) in [5.41, 5.74) is 1.48. The Morgan fingerprint density at radius 2 is 1.84 bits per heavy atom. The number of para-hydroxylation sites is 1. The number of aryl methyl sites for hydroxylation is 2. The van der Waals surface area contributed by atoms with Gasteiger partial charge in [-0.05, 0) is 55.8 Å². The average Bonchev–Trinajstić information content (AvgIpc) is 3.29. The minimum absolute atomic E-state index is 0.0943. The second kappa shape index (κ2) is 7.96. The molecule has 6 nitrogen and oxygen atoms in total. The molecule has 0 radical (unpaired) electrons. The van der Waals surface area contributed by atoms with Gasteiger partial charge in [0.1, 0.15) is 29.1 Å². The Kier molecular flexibility index (Phi) is 5.33. The second-order valence-corrected chi connectivity index (χ2v) is 7.69. The summed E-state index contributed by atoms with van der Waals surface area (Å²) < 4.78 is 11.1. The molecule has 1 aromatic heterocycles. The van der Waals surface area contributed by atoms with Crippen LogP contribution in [0.4, 0.5) is 5.69 Å². The Hall–Kier alpha value is -3.51. The molecule has 1 aliphatic heterocycles. The molecule has 3 aromatic rings. The highest BCUT2D eigenvalue weighted by molar-refractivity contribution is 6.51. The fourth-order valence-electron chi connectivity index (χ4n) is 3.79. The minimum atomic E-state index is -0.946. The fraction of sp³-hybridized carbons (Fsp3) is 0.167. The largest absolute Gasteiger partial charge is 0.507 e. The first kappa shape index (κ1) is 20.8. The van der Waals surface area contributed by atoms with Gasteiger partial charge in [-0.15, -0.1) is 0 Å². The van der Waals surface area contributed by atoms with Crippen LogP contribution in [0.15, 0.2) is 64.6 Å². The highest BCUT2D eigenvalue weighted by Crippen LogP contribution is 2.44. The van der Waals surface area contributed by atoms with Crippen LogP contribution in [-0.2, 0) is 9.59 Å². The number of ether oxygens (including phenoxy) is 1. The topological polar surface area (TPSA) is 80.0 Å². The first-order chi connectivity index (χ1) is 14.8. The van der Waals surface area contributed by atoms with Crippen LogP contribution in [0.3, 0.4) is 0 Å². The van der Waals surface area contributed by atoms with Crippen molar-refractivity contribution in [2.24, 2.45) is 0 Å². The van der Waals surface area contributed by atoms with E-state index < -0.39 is 17.7 Å². The van der Waals surface area contributed by atoms with Crippen molar-refractivity contribution in [1.82, 2.24) is 0 Å². The number of carbonyl (C=O) groups is 2. The zero-order chi connectivity index (χ0) is 22.3. The van der Waals surface area contributed by atoms with E-state index >= 15 is 0 Å². The Labute approximate surface area is 184 Å². The first-order valence-electron chi connectivity index (χ1n) is 9.60. The smallest absolute Gasteiger partial charge is 0.300 e. The number of halogens is 1. The molecule has 1 N–H and O–H groups in total. The molecule has 0 aliphatic carbocycles. The number of furan rings is 1. The van der Waals surface area contributed by atoms with Gasteiger partial charge in [-0.25, -0.2) is 0 Å². The third-order valence-electron chi connectivity index (χ3n) is 5.27. The summed E-state index contributed by atoms with van der Waals surface area (Å²) in [6.45, 7) is 3.61. The molecule has 1 aliphatic rings. The fourth-order valence-corrected chi connectivity index (χ4v) is 3.97. The monoisotopic (exact) mass is 437 g/mol. The number of hydrogen-bond donors (Lipinski definition) is 1. The second-order valence-electron chi connectivity index (χ2n) is 7.25. The molecule has 2 heterocycles. The van der Waals surface area contributed by atoms with Crippen LogP contribution in [0.25, 0.3) is 5.76 Å². The molecule has 0 saturated carbocycles. The summed E-state index contributed by atoms with van der Waals surface area (Å²) in [6.07, 6.45) is 0. The number of anilines is 1. The van der Waals surface area contributed by atoms with Crippen molar-refractivity contribution in [2.75, 3.05) is 12.0 Å². The molecule has 31 heavy (non-hydrogen) atoms. The van der Waals surface area contributed by atoms with E-state index in [1.165, 1.54) is 18.1 Å². The lowest BCUT2D eigenvalue weighted by Crippen LogP contribution is -2.29. The molecule has 2 aromatic carbocycles. The lowest BCUT2D eigenvalue weighted by molar-refractivity contribution is -0.132. The van der Waals surface area contributed by atoms with Crippen LogP contribution in [0, 0.1) is 13.8 Å². The van der Waals surface area contributed by atoms with Gasteiger partial charge in [0.2, 0.25) is 0 Å². The van der Waals surface area contributed by atoms with Crippen LogP contribution in [0.1, 0.15) is 28.7 Å². The summed E-state index contributed by atoms with van der Waals surface area (Å²) in [4.78, 5) is 27.7. The molecule has 158 valence electrons. The van der Waals surface area contributed by atoms with Crippen LogP contribution < -0.4 is 9.64 Å². The normalized spacial score (nSPS) is 17.9. The molecule has 1 atom stereocenters. The highest BCUT2D eigenvalue weighted by Gasteiger charge is 2.49. The summed E-state index contributed by atoms with van der Waals surface area (Å²) >= 11 is 6.12. The molecule has 1 unspecified atom stereocenters. The van der Waals surface area contributed by atoms with Gasteiger partial charge < -0.3 is 14.3 Å². The lowest BCUT2D eigenvalue weighted by atomic mass is 9.98. The SMILES string of the molecule is COc1ccc(Cl)cc1/C(O)=C1\C(=O)C(=O)N(c2ccccc2C)C1c1ccc(C)o1. The van der Waals surface area contributed by atoms with Crippen LogP contribution in [-0.4, -0.2) is 23.9 Å². The van der Waals surface area contributed by atoms with E-state index in [2.05, 4.69) is 0 Å². The first-order valence-corrected chi connectivity index (χ1v) is 9.98. The quantitative estimate of drug-likeness (QED) is 0.345. The van der Waals surface area contributed by atoms with Gasteiger partial charge in [-0.1, -0.05) is 29.8 Å². The van der Waals surface area contributed by atoms with Crippen LogP contribution in [0.2, 0.25) is 5.02 Å². The molecule has 0 bridgehead atoms. The van der Waals surface area contributed by atoms with E-state index in [4.69, 9.17) is 20.8 Å². The Bertz CT molecular complexity index is 1230. The molecule has 1 saturated heterocycles. The number of hydrogen-bond acceptors (Lipinski definition) is 5. The van der Waals surface area contributed by atoms with Gasteiger partial charge in [-0.2, -0.15) is 0 Å². The third kappa shape index (κ3) is 3.49. The molecule has 7 heteroatoms. The zero-order valence-electron chi connectivity index (χ0n) is 17.2. The van der Waals surface area contributed by atoms with E-state index in [0.717, 1.165) is 5.56 Å². The van der Waals surface area contributed by atoms with E-state index in [1.54, 1.807) is 43.3 Å². The van der Waals surface area contributed by atoms with E-state index in [-0.39, 0.29) is 16.9 Å². The number of nitrogens with zero attached hydrogens (tertiary/aromatic N) is 1. The number of rotatable bonds is 4. The molecule has 4 rings (SSSR count). The number of carbonyl (C=O) groups excluding carboxylic acids is 2. The van der Waals surface area contributed by atoms with E-state index in [1.807, 2.05) is 19.1 Å². The number of aliphatic hydroxyl groups is 1.